The summed E-state index contributed by atoms with van der Waals surface area (Å²) in [5, 5.41) is 10.1. The van der Waals surface area contributed by atoms with Crippen LogP contribution in [0.25, 0.3) is 10.9 Å². The number of H-pyrrole nitrogens is 1. The predicted molar refractivity (Wildman–Crippen MR) is 145 cm³/mol. The highest BCUT2D eigenvalue weighted by molar-refractivity contribution is 7.89. The minimum absolute atomic E-state index is 0.161. The molecule has 0 atom stereocenters. The van der Waals surface area contributed by atoms with Gasteiger partial charge in [-0.15, -0.1) is 0 Å². The fourth-order valence-corrected chi connectivity index (χ4v) is 6.76. The Morgan fingerprint density at radius 2 is 1.76 bits per heavy atom. The lowest BCUT2D eigenvalue weighted by atomic mass is 9.71. The molecule has 2 heterocycles. The molecule has 1 aliphatic carbocycles. The number of hydrogen-bond donors (Lipinski definition) is 1. The molecular weight excluding hydrogens is 486 g/mol. The van der Waals surface area contributed by atoms with Gasteiger partial charge in [0.05, 0.1) is 22.9 Å². The van der Waals surface area contributed by atoms with Gasteiger partial charge in [-0.2, -0.15) is 5.26 Å². The summed E-state index contributed by atoms with van der Waals surface area (Å²) in [6, 6.07) is 11.3. The molecule has 3 aromatic rings. The molecule has 1 aliphatic heterocycles. The molecule has 1 aromatic heterocycles. The minimum Gasteiger partial charge on any atom is -0.368 e. The smallest absolute Gasteiger partial charge is 0.244 e. The highest BCUT2D eigenvalue weighted by Gasteiger charge is 2.42. The number of nitrogens with one attached hydrogen (secondary N) is 1. The SMILES string of the molecule is CC(C)N1CCN(c2cc3c(cc2S(=O)(=O)N(C)C)C(=O)c2c([nH]c4cc(C#N)ccc24)C3(C)C)CC1. The highest BCUT2D eigenvalue weighted by atomic mass is 32.2. The second-order valence-corrected chi connectivity index (χ2v) is 13.1. The summed E-state index contributed by atoms with van der Waals surface area (Å²) in [4.78, 5) is 22.1. The summed E-state index contributed by atoms with van der Waals surface area (Å²) in [7, 11) is -0.776. The fourth-order valence-electron chi connectivity index (χ4n) is 5.64. The maximum atomic E-state index is 14.0. The lowest BCUT2D eigenvalue weighted by Gasteiger charge is -2.40. The average molecular weight is 520 g/mol. The number of rotatable bonds is 4. The number of carbonyl (C=O) groups excluding carboxylic acids is 1. The first kappa shape index (κ1) is 25.5. The van der Waals surface area contributed by atoms with E-state index in [1.165, 1.54) is 18.4 Å². The van der Waals surface area contributed by atoms with Gasteiger partial charge in [-0.1, -0.05) is 19.9 Å². The molecule has 9 heteroatoms. The summed E-state index contributed by atoms with van der Waals surface area (Å²) in [5.74, 6) is -0.202. The van der Waals surface area contributed by atoms with Gasteiger partial charge < -0.3 is 9.88 Å². The second kappa shape index (κ2) is 8.69. The van der Waals surface area contributed by atoms with E-state index >= 15 is 0 Å². The van der Waals surface area contributed by atoms with E-state index in [2.05, 4.69) is 48.5 Å². The lowest BCUT2D eigenvalue weighted by molar-refractivity contribution is 0.103. The molecule has 0 amide bonds. The van der Waals surface area contributed by atoms with E-state index in [0.717, 1.165) is 35.2 Å². The van der Waals surface area contributed by atoms with Gasteiger partial charge in [-0.3, -0.25) is 9.69 Å². The Labute approximate surface area is 218 Å². The van der Waals surface area contributed by atoms with Gasteiger partial charge in [0.1, 0.15) is 4.90 Å². The summed E-state index contributed by atoms with van der Waals surface area (Å²) >= 11 is 0. The Hall–Kier alpha value is -3.19. The lowest BCUT2D eigenvalue weighted by Crippen LogP contribution is -2.49. The molecule has 1 N–H and O–H groups in total. The van der Waals surface area contributed by atoms with E-state index in [1.807, 2.05) is 6.07 Å². The summed E-state index contributed by atoms with van der Waals surface area (Å²) in [6.45, 7) is 11.5. The van der Waals surface area contributed by atoms with Crippen molar-refractivity contribution in [3.63, 3.8) is 0 Å². The first-order chi connectivity index (χ1) is 17.4. The number of sulfonamides is 1. The van der Waals surface area contributed by atoms with Crippen molar-refractivity contribution in [1.82, 2.24) is 14.2 Å². The van der Waals surface area contributed by atoms with Crippen LogP contribution in [-0.4, -0.2) is 74.7 Å². The van der Waals surface area contributed by atoms with Crippen LogP contribution in [0.3, 0.4) is 0 Å². The van der Waals surface area contributed by atoms with Crippen molar-refractivity contribution in [2.75, 3.05) is 45.2 Å². The Morgan fingerprint density at radius 3 is 2.35 bits per heavy atom. The number of nitriles is 1. The van der Waals surface area contributed by atoms with Crippen LogP contribution < -0.4 is 4.90 Å². The van der Waals surface area contributed by atoms with E-state index in [9.17, 15) is 18.5 Å². The third-order valence-electron chi connectivity index (χ3n) is 7.94. The number of aromatic amines is 1. The summed E-state index contributed by atoms with van der Waals surface area (Å²) < 4.78 is 28.3. The average Bonchev–Trinajstić information content (AvgIpc) is 3.26. The van der Waals surface area contributed by atoms with Crippen LogP contribution >= 0.6 is 0 Å². The predicted octanol–water partition coefficient (Wildman–Crippen LogP) is 3.69. The number of hydrogen-bond acceptors (Lipinski definition) is 6. The van der Waals surface area contributed by atoms with Crippen LogP contribution in [0.15, 0.2) is 35.2 Å². The molecule has 194 valence electrons. The van der Waals surface area contributed by atoms with E-state index < -0.39 is 15.4 Å². The first-order valence-corrected chi connectivity index (χ1v) is 14.0. The fraction of sp³-hybridized carbons (Fsp3) is 0.429. The summed E-state index contributed by atoms with van der Waals surface area (Å²) in [6.07, 6.45) is 0. The van der Waals surface area contributed by atoms with Crippen molar-refractivity contribution < 1.29 is 13.2 Å². The quantitative estimate of drug-likeness (QED) is 0.564. The number of nitrogens with zero attached hydrogens (tertiary/aromatic N) is 4. The maximum Gasteiger partial charge on any atom is 0.244 e. The molecule has 2 aromatic carbocycles. The number of aromatic nitrogens is 1. The Kier molecular flexibility index (Phi) is 5.98. The van der Waals surface area contributed by atoms with Gasteiger partial charge in [-0.05, 0) is 43.7 Å². The highest BCUT2D eigenvalue weighted by Crippen LogP contribution is 2.46. The third kappa shape index (κ3) is 3.86. The van der Waals surface area contributed by atoms with Crippen molar-refractivity contribution >= 4 is 32.4 Å². The minimum atomic E-state index is -3.81. The molecular formula is C28H33N5O3S. The molecule has 2 aliphatic rings. The Balaban J connectivity index is 1.72. The molecule has 5 rings (SSSR count). The monoisotopic (exact) mass is 519 g/mol. The second-order valence-electron chi connectivity index (χ2n) is 11.0. The van der Waals surface area contributed by atoms with Crippen LogP contribution in [0.2, 0.25) is 0 Å². The largest absolute Gasteiger partial charge is 0.368 e. The van der Waals surface area contributed by atoms with Crippen LogP contribution in [-0.2, 0) is 15.4 Å². The number of piperazine rings is 1. The molecule has 1 fully saturated rings. The van der Waals surface area contributed by atoms with Crippen molar-refractivity contribution in [2.45, 2.75) is 44.0 Å². The topological polar surface area (TPSA) is 101 Å². The number of benzene rings is 2. The molecule has 0 bridgehead atoms. The molecule has 0 unspecified atom stereocenters. The zero-order chi connectivity index (χ0) is 26.9. The van der Waals surface area contributed by atoms with E-state index in [-0.39, 0.29) is 10.7 Å². The van der Waals surface area contributed by atoms with Gasteiger partial charge in [0.25, 0.3) is 0 Å². The van der Waals surface area contributed by atoms with Gasteiger partial charge >= 0.3 is 0 Å². The normalized spacial score (nSPS) is 17.8. The molecule has 0 saturated carbocycles. The third-order valence-corrected chi connectivity index (χ3v) is 9.78. The zero-order valence-electron chi connectivity index (χ0n) is 22.2. The molecule has 8 nitrogen and oxygen atoms in total. The van der Waals surface area contributed by atoms with Crippen molar-refractivity contribution in [1.29, 1.82) is 5.26 Å². The van der Waals surface area contributed by atoms with Crippen LogP contribution in [0.4, 0.5) is 5.69 Å². The number of fused-ring (bicyclic) bond motifs is 4. The Bertz CT molecular complexity index is 1570. The molecule has 0 spiro atoms. The van der Waals surface area contributed by atoms with Gasteiger partial charge in [0.15, 0.2) is 5.78 Å². The molecule has 1 saturated heterocycles. The zero-order valence-corrected chi connectivity index (χ0v) is 23.0. The van der Waals surface area contributed by atoms with Crippen molar-refractivity contribution in [2.24, 2.45) is 0 Å². The number of anilines is 1. The number of carbonyl (C=O) groups is 1. The standard InChI is InChI=1S/C28H33N5O3S/c1-17(2)32-9-11-33(12-10-32)23-15-21-20(14-24(23)37(35,36)31(5)6)26(34)25-19-8-7-18(16-29)13-22(19)30-27(25)28(21,3)4/h7-8,13-15,17,30H,9-12H2,1-6H3. The van der Waals surface area contributed by atoms with Crippen LogP contribution in [0.5, 0.6) is 0 Å². The van der Waals surface area contributed by atoms with E-state index in [0.29, 0.717) is 41.5 Å². The van der Waals surface area contributed by atoms with Crippen LogP contribution in [0, 0.1) is 11.3 Å². The van der Waals surface area contributed by atoms with Crippen LogP contribution in [0.1, 0.15) is 60.4 Å². The van der Waals surface area contributed by atoms with E-state index in [4.69, 9.17) is 0 Å². The van der Waals surface area contributed by atoms with E-state index in [1.54, 1.807) is 24.3 Å². The van der Waals surface area contributed by atoms with Gasteiger partial charge in [0, 0.05) is 73.9 Å². The maximum absolute atomic E-state index is 14.0. The number of ketones is 1. The first-order valence-electron chi connectivity index (χ1n) is 12.6. The van der Waals surface area contributed by atoms with Gasteiger partial charge in [0.2, 0.25) is 10.0 Å². The van der Waals surface area contributed by atoms with Crippen molar-refractivity contribution in [3.05, 3.63) is 58.3 Å². The van der Waals surface area contributed by atoms with Gasteiger partial charge in [-0.25, -0.2) is 12.7 Å². The molecule has 37 heavy (non-hydrogen) atoms. The van der Waals surface area contributed by atoms with Crippen molar-refractivity contribution in [3.8, 4) is 6.07 Å². The molecule has 0 radical (unpaired) electrons. The Morgan fingerprint density at radius 1 is 1.08 bits per heavy atom. The summed E-state index contributed by atoms with van der Waals surface area (Å²) in [5.41, 5.74) is 3.84.